The summed E-state index contributed by atoms with van der Waals surface area (Å²) >= 11 is 5.95. The summed E-state index contributed by atoms with van der Waals surface area (Å²) in [6, 6.07) is 13.6. The first-order chi connectivity index (χ1) is 12.6. The number of hydrogen-bond acceptors (Lipinski definition) is 4. The predicted molar refractivity (Wildman–Crippen MR) is 99.0 cm³/mol. The summed E-state index contributed by atoms with van der Waals surface area (Å²) in [6.07, 6.45) is 4.84. The van der Waals surface area contributed by atoms with Crippen molar-refractivity contribution in [3.8, 4) is 0 Å². The number of benzene rings is 1. The van der Waals surface area contributed by atoms with Crippen LogP contribution in [0.15, 0.2) is 67.1 Å². The highest BCUT2D eigenvalue weighted by Gasteiger charge is 2.16. The molecule has 0 aliphatic heterocycles. The van der Waals surface area contributed by atoms with Gasteiger partial charge in [-0.2, -0.15) is 0 Å². The van der Waals surface area contributed by atoms with Gasteiger partial charge in [0, 0.05) is 25.1 Å². The Morgan fingerprint density at radius 2 is 1.69 bits per heavy atom. The van der Waals surface area contributed by atoms with Gasteiger partial charge in [-0.15, -0.1) is 0 Å². The van der Waals surface area contributed by atoms with Gasteiger partial charge in [0.15, 0.2) is 0 Å². The van der Waals surface area contributed by atoms with E-state index in [9.17, 15) is 9.59 Å². The number of rotatable bonds is 5. The highest BCUT2D eigenvalue weighted by molar-refractivity contribution is 6.33. The van der Waals surface area contributed by atoms with Gasteiger partial charge in [-0.25, -0.2) is 4.98 Å². The zero-order valence-electron chi connectivity index (χ0n) is 13.6. The van der Waals surface area contributed by atoms with Crippen LogP contribution in [-0.2, 0) is 6.54 Å². The third-order valence-electron chi connectivity index (χ3n) is 3.60. The number of carbonyl (C=O) groups is 2. The van der Waals surface area contributed by atoms with E-state index in [0.717, 1.165) is 5.56 Å². The van der Waals surface area contributed by atoms with E-state index in [0.29, 0.717) is 17.8 Å². The maximum absolute atomic E-state index is 12.5. The second-order valence-corrected chi connectivity index (χ2v) is 5.74. The Morgan fingerprint density at radius 1 is 0.923 bits per heavy atom. The highest BCUT2D eigenvalue weighted by atomic mass is 35.5. The smallest absolute Gasteiger partial charge is 0.258 e. The Balaban J connectivity index is 1.74. The molecule has 0 bridgehead atoms. The Kier molecular flexibility index (Phi) is 5.56. The van der Waals surface area contributed by atoms with Crippen LogP contribution in [0.2, 0.25) is 5.15 Å². The third kappa shape index (κ3) is 4.23. The molecule has 130 valence electrons. The van der Waals surface area contributed by atoms with Crippen molar-refractivity contribution in [2.24, 2.45) is 0 Å². The van der Waals surface area contributed by atoms with Crippen LogP contribution in [0.5, 0.6) is 0 Å². The maximum Gasteiger partial charge on any atom is 0.258 e. The Bertz CT molecular complexity index is 932. The molecular formula is C19H15ClN4O2. The Morgan fingerprint density at radius 3 is 2.46 bits per heavy atom. The van der Waals surface area contributed by atoms with Gasteiger partial charge in [0.1, 0.15) is 5.15 Å². The van der Waals surface area contributed by atoms with E-state index in [2.05, 4.69) is 20.6 Å². The van der Waals surface area contributed by atoms with Crippen molar-refractivity contribution in [2.45, 2.75) is 6.54 Å². The molecule has 0 radical (unpaired) electrons. The van der Waals surface area contributed by atoms with Crippen molar-refractivity contribution in [3.05, 3.63) is 89.0 Å². The first-order valence-electron chi connectivity index (χ1n) is 7.83. The minimum atomic E-state index is -0.435. The molecule has 26 heavy (non-hydrogen) atoms. The average molecular weight is 367 g/mol. The standard InChI is InChI=1S/C19H15ClN4O2/c20-17-15(7-4-10-22-17)19(26)24-16-8-2-1-6-14(16)18(25)23-12-13-5-3-9-21-11-13/h1-11H,12H2,(H,23,25)(H,24,26). The largest absolute Gasteiger partial charge is 0.348 e. The van der Waals surface area contributed by atoms with Crippen molar-refractivity contribution in [3.63, 3.8) is 0 Å². The topological polar surface area (TPSA) is 84.0 Å². The van der Waals surface area contributed by atoms with Crippen molar-refractivity contribution in [1.29, 1.82) is 0 Å². The number of anilines is 1. The van der Waals surface area contributed by atoms with Crippen LogP contribution in [0.3, 0.4) is 0 Å². The molecule has 0 saturated carbocycles. The molecule has 0 unspecified atom stereocenters. The number of para-hydroxylation sites is 1. The molecule has 6 nitrogen and oxygen atoms in total. The molecule has 3 rings (SSSR count). The van der Waals surface area contributed by atoms with Crippen LogP contribution in [0.4, 0.5) is 5.69 Å². The molecule has 0 aliphatic rings. The van der Waals surface area contributed by atoms with Crippen LogP contribution in [-0.4, -0.2) is 21.8 Å². The quantitative estimate of drug-likeness (QED) is 0.678. The lowest BCUT2D eigenvalue weighted by molar-refractivity contribution is 0.0951. The van der Waals surface area contributed by atoms with Crippen molar-refractivity contribution < 1.29 is 9.59 Å². The SMILES string of the molecule is O=C(NCc1cccnc1)c1ccccc1NC(=O)c1cccnc1Cl. The summed E-state index contributed by atoms with van der Waals surface area (Å²) in [4.78, 5) is 32.8. The zero-order chi connectivity index (χ0) is 18.4. The summed E-state index contributed by atoms with van der Waals surface area (Å²) in [7, 11) is 0. The van der Waals surface area contributed by atoms with Crippen LogP contribution < -0.4 is 10.6 Å². The second kappa shape index (κ2) is 8.22. The number of halogens is 1. The number of amides is 2. The summed E-state index contributed by atoms with van der Waals surface area (Å²) in [5.41, 5.74) is 1.86. The normalized spacial score (nSPS) is 10.2. The fourth-order valence-electron chi connectivity index (χ4n) is 2.32. The molecule has 7 heteroatoms. The molecule has 0 atom stereocenters. The van der Waals surface area contributed by atoms with E-state index < -0.39 is 5.91 Å². The number of nitrogens with zero attached hydrogens (tertiary/aromatic N) is 2. The van der Waals surface area contributed by atoms with Gasteiger partial charge in [-0.3, -0.25) is 14.6 Å². The monoisotopic (exact) mass is 366 g/mol. The molecule has 3 aromatic rings. The zero-order valence-corrected chi connectivity index (χ0v) is 14.4. The van der Waals surface area contributed by atoms with Crippen molar-refractivity contribution in [2.75, 3.05) is 5.32 Å². The number of hydrogen-bond donors (Lipinski definition) is 2. The molecule has 1 aromatic carbocycles. The summed E-state index contributed by atoms with van der Waals surface area (Å²) < 4.78 is 0. The van der Waals surface area contributed by atoms with Crippen LogP contribution in [0.25, 0.3) is 0 Å². The number of nitrogens with one attached hydrogen (secondary N) is 2. The van der Waals surface area contributed by atoms with Gasteiger partial charge in [-0.05, 0) is 35.9 Å². The van der Waals surface area contributed by atoms with E-state index in [-0.39, 0.29) is 16.6 Å². The first kappa shape index (κ1) is 17.6. The summed E-state index contributed by atoms with van der Waals surface area (Å²) in [5, 5.41) is 5.62. The second-order valence-electron chi connectivity index (χ2n) is 5.39. The van der Waals surface area contributed by atoms with Gasteiger partial charge >= 0.3 is 0 Å². The number of aromatic nitrogens is 2. The van der Waals surface area contributed by atoms with E-state index in [1.54, 1.807) is 54.9 Å². The van der Waals surface area contributed by atoms with E-state index in [4.69, 9.17) is 11.6 Å². The molecule has 0 fully saturated rings. The molecule has 2 N–H and O–H groups in total. The molecule has 0 spiro atoms. The lowest BCUT2D eigenvalue weighted by Gasteiger charge is -2.12. The Hall–Kier alpha value is -3.25. The van der Waals surface area contributed by atoms with Gasteiger partial charge in [0.05, 0.1) is 16.8 Å². The van der Waals surface area contributed by atoms with Gasteiger partial charge in [-0.1, -0.05) is 29.8 Å². The minimum Gasteiger partial charge on any atom is -0.348 e. The number of pyridine rings is 2. The predicted octanol–water partition coefficient (Wildman–Crippen LogP) is 3.31. The molecule has 0 saturated heterocycles. The molecule has 0 aliphatic carbocycles. The van der Waals surface area contributed by atoms with Gasteiger partial charge < -0.3 is 10.6 Å². The average Bonchev–Trinajstić information content (AvgIpc) is 2.67. The third-order valence-corrected chi connectivity index (χ3v) is 3.90. The lowest BCUT2D eigenvalue weighted by Crippen LogP contribution is -2.25. The summed E-state index contributed by atoms with van der Waals surface area (Å²) in [6.45, 7) is 0.337. The maximum atomic E-state index is 12.5. The molecule has 2 heterocycles. The minimum absolute atomic E-state index is 0.100. The van der Waals surface area contributed by atoms with Crippen LogP contribution >= 0.6 is 11.6 Å². The molecule has 2 amide bonds. The lowest BCUT2D eigenvalue weighted by atomic mass is 10.1. The van der Waals surface area contributed by atoms with E-state index in [1.165, 1.54) is 6.20 Å². The Labute approximate surface area is 155 Å². The first-order valence-corrected chi connectivity index (χ1v) is 8.21. The van der Waals surface area contributed by atoms with Gasteiger partial charge in [0.2, 0.25) is 0 Å². The number of carbonyl (C=O) groups excluding carboxylic acids is 2. The van der Waals surface area contributed by atoms with Crippen LogP contribution in [0.1, 0.15) is 26.3 Å². The van der Waals surface area contributed by atoms with E-state index in [1.807, 2.05) is 6.07 Å². The molecule has 2 aromatic heterocycles. The van der Waals surface area contributed by atoms with Crippen molar-refractivity contribution >= 4 is 29.1 Å². The fraction of sp³-hybridized carbons (Fsp3) is 0.0526. The van der Waals surface area contributed by atoms with Crippen molar-refractivity contribution in [1.82, 2.24) is 15.3 Å². The summed E-state index contributed by atoms with van der Waals surface area (Å²) in [5.74, 6) is -0.738. The van der Waals surface area contributed by atoms with Crippen LogP contribution in [0, 0.1) is 0 Å². The highest BCUT2D eigenvalue weighted by Crippen LogP contribution is 2.18. The molecular weight excluding hydrogens is 352 g/mol. The van der Waals surface area contributed by atoms with Gasteiger partial charge in [0.25, 0.3) is 11.8 Å². The van der Waals surface area contributed by atoms with E-state index >= 15 is 0 Å². The fourth-order valence-corrected chi connectivity index (χ4v) is 2.52.